The standard InChI is InChI=1S/C20H22N4OS/c1-24-18-11-7-6-10-16(18)17(19(24)15-8-4-3-5-9-15)14-22-23-20(26)21-12-13-25-2/h3-11,14H,12-13H2,1-2H3,(H2,21,23,26)/b22-14-. The molecule has 0 unspecified atom stereocenters. The number of benzene rings is 2. The molecule has 0 fully saturated rings. The van der Waals surface area contributed by atoms with Gasteiger partial charge < -0.3 is 14.6 Å². The molecule has 0 aliphatic rings. The van der Waals surface area contributed by atoms with Gasteiger partial charge in [0.2, 0.25) is 0 Å². The van der Waals surface area contributed by atoms with E-state index in [0.717, 1.165) is 27.7 Å². The van der Waals surface area contributed by atoms with Gasteiger partial charge in [-0.3, -0.25) is 5.43 Å². The molecule has 1 heterocycles. The van der Waals surface area contributed by atoms with E-state index < -0.39 is 0 Å². The van der Waals surface area contributed by atoms with Crippen molar-refractivity contribution in [2.45, 2.75) is 0 Å². The Hall–Kier alpha value is -2.70. The van der Waals surface area contributed by atoms with Gasteiger partial charge in [-0.2, -0.15) is 5.10 Å². The lowest BCUT2D eigenvalue weighted by atomic mass is 10.1. The van der Waals surface area contributed by atoms with Gasteiger partial charge in [0, 0.05) is 37.2 Å². The summed E-state index contributed by atoms with van der Waals surface area (Å²) in [5, 5.41) is 8.99. The molecular weight excluding hydrogens is 344 g/mol. The summed E-state index contributed by atoms with van der Waals surface area (Å²) in [6, 6.07) is 18.6. The Labute approximate surface area is 158 Å². The molecule has 0 aliphatic carbocycles. The van der Waals surface area contributed by atoms with Gasteiger partial charge in [0.15, 0.2) is 5.11 Å². The fourth-order valence-electron chi connectivity index (χ4n) is 2.96. The van der Waals surface area contributed by atoms with Crippen molar-refractivity contribution < 1.29 is 4.74 Å². The second kappa shape index (κ2) is 8.60. The molecule has 5 nitrogen and oxygen atoms in total. The minimum absolute atomic E-state index is 0.472. The second-order valence-corrected chi connectivity index (χ2v) is 6.23. The van der Waals surface area contributed by atoms with E-state index in [9.17, 15) is 0 Å². The molecule has 0 spiro atoms. The summed E-state index contributed by atoms with van der Waals surface area (Å²) >= 11 is 5.21. The fraction of sp³-hybridized carbons (Fsp3) is 0.200. The van der Waals surface area contributed by atoms with Crippen LogP contribution in [0.1, 0.15) is 5.56 Å². The van der Waals surface area contributed by atoms with Crippen molar-refractivity contribution in [3.8, 4) is 11.3 Å². The molecule has 0 bridgehead atoms. The molecule has 0 amide bonds. The topological polar surface area (TPSA) is 50.6 Å². The predicted octanol–water partition coefficient (Wildman–Crippen LogP) is 3.29. The van der Waals surface area contributed by atoms with Crippen LogP contribution in [0.25, 0.3) is 22.2 Å². The third-order valence-electron chi connectivity index (χ3n) is 4.14. The van der Waals surface area contributed by atoms with Gasteiger partial charge in [0.05, 0.1) is 18.5 Å². The van der Waals surface area contributed by atoms with E-state index in [-0.39, 0.29) is 0 Å². The average molecular weight is 366 g/mol. The van der Waals surface area contributed by atoms with Crippen molar-refractivity contribution >= 4 is 34.4 Å². The summed E-state index contributed by atoms with van der Waals surface area (Å²) in [6.07, 6.45) is 1.83. The minimum Gasteiger partial charge on any atom is -0.383 e. The largest absolute Gasteiger partial charge is 0.383 e. The molecule has 0 atom stereocenters. The number of aryl methyl sites for hydroxylation is 1. The Bertz CT molecular complexity index is 918. The molecule has 2 N–H and O–H groups in total. The molecule has 0 radical (unpaired) electrons. The zero-order valence-electron chi connectivity index (χ0n) is 14.9. The number of thiocarbonyl (C=S) groups is 1. The first-order valence-corrected chi connectivity index (χ1v) is 8.82. The molecular formula is C20H22N4OS. The number of nitrogens with zero attached hydrogens (tertiary/aromatic N) is 2. The summed E-state index contributed by atoms with van der Waals surface area (Å²) in [5.74, 6) is 0. The van der Waals surface area contributed by atoms with Crippen molar-refractivity contribution in [3.05, 3.63) is 60.2 Å². The summed E-state index contributed by atoms with van der Waals surface area (Å²) in [7, 11) is 3.73. The van der Waals surface area contributed by atoms with Crippen LogP contribution in [-0.2, 0) is 11.8 Å². The van der Waals surface area contributed by atoms with Gasteiger partial charge in [0.25, 0.3) is 0 Å². The van der Waals surface area contributed by atoms with Gasteiger partial charge in [-0.1, -0.05) is 48.5 Å². The summed E-state index contributed by atoms with van der Waals surface area (Å²) in [6.45, 7) is 1.23. The monoisotopic (exact) mass is 366 g/mol. The molecule has 0 aliphatic heterocycles. The summed E-state index contributed by atoms with van der Waals surface area (Å²) < 4.78 is 7.19. The number of nitrogens with one attached hydrogen (secondary N) is 2. The fourth-order valence-corrected chi connectivity index (χ4v) is 3.11. The van der Waals surface area contributed by atoms with E-state index in [1.807, 2.05) is 36.5 Å². The maximum Gasteiger partial charge on any atom is 0.187 e. The van der Waals surface area contributed by atoms with Crippen LogP contribution < -0.4 is 10.7 Å². The number of methoxy groups -OCH3 is 1. The molecule has 6 heteroatoms. The Balaban J connectivity index is 1.92. The molecule has 3 rings (SSSR count). The maximum absolute atomic E-state index is 5.21. The number of hydrazone groups is 1. The quantitative estimate of drug-likeness (QED) is 0.304. The maximum atomic E-state index is 5.21. The highest BCUT2D eigenvalue weighted by Crippen LogP contribution is 2.31. The highest BCUT2D eigenvalue weighted by Gasteiger charge is 2.14. The van der Waals surface area contributed by atoms with Crippen LogP contribution in [0, 0.1) is 0 Å². The van der Waals surface area contributed by atoms with Crippen molar-refractivity contribution in [1.82, 2.24) is 15.3 Å². The molecule has 0 saturated carbocycles. The zero-order valence-corrected chi connectivity index (χ0v) is 15.7. The average Bonchev–Trinajstić information content (AvgIpc) is 2.95. The lowest BCUT2D eigenvalue weighted by molar-refractivity contribution is 0.204. The molecule has 26 heavy (non-hydrogen) atoms. The smallest absolute Gasteiger partial charge is 0.187 e. The first kappa shape index (κ1) is 18.1. The molecule has 2 aromatic carbocycles. The Kier molecular flexibility index (Phi) is 5.99. The van der Waals surface area contributed by atoms with Crippen LogP contribution in [0.15, 0.2) is 59.7 Å². The van der Waals surface area contributed by atoms with Gasteiger partial charge in [0.1, 0.15) is 0 Å². The number of hydrogen-bond donors (Lipinski definition) is 2. The molecule has 1 aromatic heterocycles. The Morgan fingerprint density at radius 3 is 2.65 bits per heavy atom. The number of fused-ring (bicyclic) bond motifs is 1. The van der Waals surface area contributed by atoms with Crippen LogP contribution in [-0.4, -0.2) is 36.2 Å². The number of rotatable bonds is 6. The molecule has 3 aromatic rings. The number of aromatic nitrogens is 1. The second-order valence-electron chi connectivity index (χ2n) is 5.82. The van der Waals surface area contributed by atoms with Crippen LogP contribution in [0.5, 0.6) is 0 Å². The number of ether oxygens (including phenoxy) is 1. The molecule has 0 saturated heterocycles. The first-order valence-electron chi connectivity index (χ1n) is 8.41. The first-order chi connectivity index (χ1) is 12.7. The van der Waals surface area contributed by atoms with Gasteiger partial charge in [-0.15, -0.1) is 0 Å². The normalized spacial score (nSPS) is 11.2. The van der Waals surface area contributed by atoms with Gasteiger partial charge in [-0.25, -0.2) is 0 Å². The highest BCUT2D eigenvalue weighted by molar-refractivity contribution is 7.80. The van der Waals surface area contributed by atoms with Crippen molar-refractivity contribution in [1.29, 1.82) is 0 Å². The molecule has 134 valence electrons. The summed E-state index contributed by atoms with van der Waals surface area (Å²) in [4.78, 5) is 0. The van der Waals surface area contributed by atoms with E-state index in [1.165, 1.54) is 0 Å². The van der Waals surface area contributed by atoms with E-state index in [0.29, 0.717) is 18.3 Å². The van der Waals surface area contributed by atoms with Crippen LogP contribution >= 0.6 is 12.2 Å². The van der Waals surface area contributed by atoms with Crippen LogP contribution in [0.3, 0.4) is 0 Å². The van der Waals surface area contributed by atoms with E-state index in [4.69, 9.17) is 17.0 Å². The summed E-state index contributed by atoms with van der Waals surface area (Å²) in [5.41, 5.74) is 7.35. The van der Waals surface area contributed by atoms with Crippen LogP contribution in [0.4, 0.5) is 0 Å². The van der Waals surface area contributed by atoms with E-state index >= 15 is 0 Å². The third-order valence-corrected chi connectivity index (χ3v) is 4.38. The third kappa shape index (κ3) is 3.92. The van der Waals surface area contributed by atoms with E-state index in [1.54, 1.807) is 7.11 Å². The minimum atomic E-state index is 0.472. The number of hydrogen-bond acceptors (Lipinski definition) is 3. The SMILES string of the molecule is COCCNC(=S)N/N=C\c1c(-c2ccccc2)n(C)c2ccccc12. The predicted molar refractivity (Wildman–Crippen MR) is 112 cm³/mol. The zero-order chi connectivity index (χ0) is 18.4. The van der Waals surface area contributed by atoms with Crippen molar-refractivity contribution in [3.63, 3.8) is 0 Å². The lowest BCUT2D eigenvalue weighted by Gasteiger charge is -2.07. The Morgan fingerprint density at radius 1 is 1.15 bits per heavy atom. The number of para-hydroxylation sites is 1. The Morgan fingerprint density at radius 2 is 1.88 bits per heavy atom. The van der Waals surface area contributed by atoms with Gasteiger partial charge >= 0.3 is 0 Å². The van der Waals surface area contributed by atoms with Crippen molar-refractivity contribution in [2.75, 3.05) is 20.3 Å². The van der Waals surface area contributed by atoms with Gasteiger partial charge in [-0.05, 0) is 23.8 Å². The van der Waals surface area contributed by atoms with Crippen molar-refractivity contribution in [2.24, 2.45) is 12.1 Å². The lowest BCUT2D eigenvalue weighted by Crippen LogP contribution is -2.34. The highest BCUT2D eigenvalue weighted by atomic mass is 32.1. The van der Waals surface area contributed by atoms with E-state index in [2.05, 4.69) is 51.7 Å². The van der Waals surface area contributed by atoms with Crippen LogP contribution in [0.2, 0.25) is 0 Å².